The van der Waals surface area contributed by atoms with Crippen LogP contribution in [0.2, 0.25) is 5.02 Å². The van der Waals surface area contributed by atoms with Gasteiger partial charge in [0.25, 0.3) is 5.91 Å². The molecule has 2 aromatic rings. The number of carbonyl (C=O) groups excluding carboxylic acids is 1. The standard InChI is InChI=1S/C15H14ClNOS/c16-11-5-7-12(8-6-11)17-15(18)14-9-10-3-1-2-4-13(10)19-14/h5-9H,1-4H2,(H,17,18). The number of halogens is 1. The molecule has 0 saturated heterocycles. The highest BCUT2D eigenvalue weighted by Gasteiger charge is 2.17. The van der Waals surface area contributed by atoms with Crippen molar-refractivity contribution < 1.29 is 4.79 Å². The van der Waals surface area contributed by atoms with Gasteiger partial charge in [-0.2, -0.15) is 0 Å². The van der Waals surface area contributed by atoms with Crippen molar-refractivity contribution in [3.05, 3.63) is 50.7 Å². The molecular formula is C15H14ClNOS. The fraction of sp³-hybridized carbons (Fsp3) is 0.267. The highest BCUT2D eigenvalue weighted by atomic mass is 35.5. The fourth-order valence-corrected chi connectivity index (χ4v) is 3.60. The lowest BCUT2D eigenvalue weighted by Crippen LogP contribution is -2.09. The number of rotatable bonds is 2. The van der Waals surface area contributed by atoms with Gasteiger partial charge in [0.05, 0.1) is 4.88 Å². The minimum absolute atomic E-state index is 0.0262. The minimum atomic E-state index is -0.0262. The Morgan fingerprint density at radius 1 is 1.16 bits per heavy atom. The number of benzene rings is 1. The second-order valence-corrected chi connectivity index (χ2v) is 6.30. The zero-order chi connectivity index (χ0) is 13.2. The Bertz CT molecular complexity index is 580. The van der Waals surface area contributed by atoms with E-state index in [4.69, 9.17) is 11.6 Å². The number of hydrogen-bond donors (Lipinski definition) is 1. The van der Waals surface area contributed by atoms with Crippen molar-refractivity contribution in [2.75, 3.05) is 5.32 Å². The van der Waals surface area contributed by atoms with Crippen LogP contribution in [-0.4, -0.2) is 5.91 Å². The monoisotopic (exact) mass is 291 g/mol. The van der Waals surface area contributed by atoms with Crippen LogP contribution in [0.3, 0.4) is 0 Å². The maximum absolute atomic E-state index is 12.2. The molecule has 0 atom stereocenters. The first-order valence-corrected chi connectivity index (χ1v) is 7.60. The molecule has 1 heterocycles. The van der Waals surface area contributed by atoms with Gasteiger partial charge in [-0.25, -0.2) is 0 Å². The van der Waals surface area contributed by atoms with E-state index in [1.165, 1.54) is 23.3 Å². The zero-order valence-electron chi connectivity index (χ0n) is 10.4. The van der Waals surface area contributed by atoms with Crippen LogP contribution in [0.1, 0.15) is 33.0 Å². The van der Waals surface area contributed by atoms with Gasteiger partial charge < -0.3 is 5.32 Å². The number of fused-ring (bicyclic) bond motifs is 1. The lowest BCUT2D eigenvalue weighted by Gasteiger charge is -2.08. The molecule has 4 heteroatoms. The largest absolute Gasteiger partial charge is 0.321 e. The molecular weight excluding hydrogens is 278 g/mol. The highest BCUT2D eigenvalue weighted by Crippen LogP contribution is 2.30. The van der Waals surface area contributed by atoms with Crippen molar-refractivity contribution in [3.8, 4) is 0 Å². The smallest absolute Gasteiger partial charge is 0.265 e. The van der Waals surface area contributed by atoms with E-state index in [0.717, 1.165) is 23.4 Å². The first-order valence-electron chi connectivity index (χ1n) is 6.41. The summed E-state index contributed by atoms with van der Waals surface area (Å²) >= 11 is 7.45. The number of aryl methyl sites for hydroxylation is 2. The Balaban J connectivity index is 1.76. The molecule has 1 aromatic heterocycles. The van der Waals surface area contributed by atoms with Crippen LogP contribution < -0.4 is 5.32 Å². The summed E-state index contributed by atoms with van der Waals surface area (Å²) in [7, 11) is 0. The first-order chi connectivity index (χ1) is 9.22. The fourth-order valence-electron chi connectivity index (χ4n) is 2.33. The van der Waals surface area contributed by atoms with Crippen LogP contribution in [-0.2, 0) is 12.8 Å². The van der Waals surface area contributed by atoms with Gasteiger partial charge in [-0.15, -0.1) is 11.3 Å². The summed E-state index contributed by atoms with van der Waals surface area (Å²) in [6.07, 6.45) is 4.71. The molecule has 1 aliphatic rings. The van der Waals surface area contributed by atoms with Crippen LogP contribution in [0.5, 0.6) is 0 Å². The van der Waals surface area contributed by atoms with Crippen molar-refractivity contribution >= 4 is 34.5 Å². The molecule has 2 nitrogen and oxygen atoms in total. The van der Waals surface area contributed by atoms with Gasteiger partial charge in [-0.05, 0) is 61.6 Å². The number of hydrogen-bond acceptors (Lipinski definition) is 2. The van der Waals surface area contributed by atoms with E-state index in [9.17, 15) is 4.79 Å². The molecule has 0 bridgehead atoms. The van der Waals surface area contributed by atoms with Gasteiger partial charge in [0, 0.05) is 15.6 Å². The van der Waals surface area contributed by atoms with Gasteiger partial charge in [0.15, 0.2) is 0 Å². The molecule has 1 N–H and O–H groups in total. The Morgan fingerprint density at radius 2 is 1.89 bits per heavy atom. The molecule has 1 aromatic carbocycles. The Labute approximate surface area is 121 Å². The Kier molecular flexibility index (Phi) is 3.58. The lowest BCUT2D eigenvalue weighted by atomic mass is 9.99. The maximum atomic E-state index is 12.2. The van der Waals surface area contributed by atoms with E-state index in [0.29, 0.717) is 5.02 Å². The molecule has 0 unspecified atom stereocenters. The van der Waals surface area contributed by atoms with Gasteiger partial charge in [-0.3, -0.25) is 4.79 Å². The van der Waals surface area contributed by atoms with Crippen molar-refractivity contribution in [3.63, 3.8) is 0 Å². The van der Waals surface area contributed by atoms with E-state index in [1.807, 2.05) is 18.2 Å². The summed E-state index contributed by atoms with van der Waals surface area (Å²) in [5.41, 5.74) is 2.14. The predicted molar refractivity (Wildman–Crippen MR) is 80.4 cm³/mol. The molecule has 98 valence electrons. The molecule has 0 radical (unpaired) electrons. The van der Waals surface area contributed by atoms with E-state index >= 15 is 0 Å². The number of carbonyl (C=O) groups is 1. The second kappa shape index (κ2) is 5.35. The quantitative estimate of drug-likeness (QED) is 0.865. The molecule has 0 fully saturated rings. The lowest BCUT2D eigenvalue weighted by molar-refractivity contribution is 0.103. The third-order valence-corrected chi connectivity index (χ3v) is 4.81. The Morgan fingerprint density at radius 3 is 2.63 bits per heavy atom. The van der Waals surface area contributed by atoms with Gasteiger partial charge >= 0.3 is 0 Å². The van der Waals surface area contributed by atoms with E-state index in [1.54, 1.807) is 23.5 Å². The molecule has 3 rings (SSSR count). The normalized spacial score (nSPS) is 13.9. The van der Waals surface area contributed by atoms with Crippen LogP contribution in [0.25, 0.3) is 0 Å². The van der Waals surface area contributed by atoms with E-state index < -0.39 is 0 Å². The third kappa shape index (κ3) is 2.82. The average Bonchev–Trinajstić information content (AvgIpc) is 2.85. The summed E-state index contributed by atoms with van der Waals surface area (Å²) in [5.74, 6) is -0.0262. The average molecular weight is 292 g/mol. The van der Waals surface area contributed by atoms with Crippen molar-refractivity contribution in [2.45, 2.75) is 25.7 Å². The van der Waals surface area contributed by atoms with Gasteiger partial charge in [0.1, 0.15) is 0 Å². The minimum Gasteiger partial charge on any atom is -0.321 e. The van der Waals surface area contributed by atoms with Crippen LogP contribution in [0, 0.1) is 0 Å². The molecule has 1 amide bonds. The van der Waals surface area contributed by atoms with E-state index in [-0.39, 0.29) is 5.91 Å². The van der Waals surface area contributed by atoms with Crippen molar-refractivity contribution in [2.24, 2.45) is 0 Å². The SMILES string of the molecule is O=C(Nc1ccc(Cl)cc1)c1cc2c(s1)CCCC2. The number of anilines is 1. The number of nitrogens with one attached hydrogen (secondary N) is 1. The summed E-state index contributed by atoms with van der Waals surface area (Å²) < 4.78 is 0. The van der Waals surface area contributed by atoms with Crippen LogP contribution in [0.15, 0.2) is 30.3 Å². The number of amides is 1. The molecule has 0 spiro atoms. The summed E-state index contributed by atoms with van der Waals surface area (Å²) in [4.78, 5) is 14.4. The summed E-state index contributed by atoms with van der Waals surface area (Å²) in [6, 6.07) is 9.22. The molecule has 0 saturated carbocycles. The van der Waals surface area contributed by atoms with Crippen LogP contribution in [0.4, 0.5) is 5.69 Å². The zero-order valence-corrected chi connectivity index (χ0v) is 12.0. The highest BCUT2D eigenvalue weighted by molar-refractivity contribution is 7.14. The maximum Gasteiger partial charge on any atom is 0.265 e. The van der Waals surface area contributed by atoms with Crippen molar-refractivity contribution in [1.29, 1.82) is 0 Å². The third-order valence-electron chi connectivity index (χ3n) is 3.32. The Hall–Kier alpha value is -1.32. The van der Waals surface area contributed by atoms with Gasteiger partial charge in [-0.1, -0.05) is 11.6 Å². The summed E-state index contributed by atoms with van der Waals surface area (Å²) in [5, 5.41) is 3.58. The molecule has 1 aliphatic carbocycles. The number of thiophene rings is 1. The van der Waals surface area contributed by atoms with Crippen molar-refractivity contribution in [1.82, 2.24) is 0 Å². The first kappa shape index (κ1) is 12.7. The molecule has 0 aliphatic heterocycles. The topological polar surface area (TPSA) is 29.1 Å². The predicted octanol–water partition coefficient (Wildman–Crippen LogP) is 4.53. The summed E-state index contributed by atoms with van der Waals surface area (Å²) in [6.45, 7) is 0. The van der Waals surface area contributed by atoms with Crippen LogP contribution >= 0.6 is 22.9 Å². The van der Waals surface area contributed by atoms with Gasteiger partial charge in [0.2, 0.25) is 0 Å². The molecule has 19 heavy (non-hydrogen) atoms. The second-order valence-electron chi connectivity index (χ2n) is 4.73. The van der Waals surface area contributed by atoms with E-state index in [2.05, 4.69) is 5.32 Å².